The van der Waals surface area contributed by atoms with Crippen molar-refractivity contribution in [1.29, 1.82) is 0 Å². The Kier molecular flexibility index (Phi) is 8.04. The number of benzene rings is 2. The van der Waals surface area contributed by atoms with Gasteiger partial charge in [0, 0.05) is 19.1 Å². The van der Waals surface area contributed by atoms with Crippen molar-refractivity contribution in [3.05, 3.63) is 52.5 Å². The summed E-state index contributed by atoms with van der Waals surface area (Å²) in [6.45, 7) is 6.37. The van der Waals surface area contributed by atoms with Crippen LogP contribution in [-0.2, 0) is 6.54 Å². The molecule has 1 heterocycles. The number of hydrogen-bond acceptors (Lipinski definition) is 5. The number of rotatable bonds is 10. The van der Waals surface area contributed by atoms with Crippen molar-refractivity contribution in [3.63, 3.8) is 0 Å². The van der Waals surface area contributed by atoms with Crippen LogP contribution in [0, 0.1) is 0 Å². The molecule has 2 aromatic rings. The van der Waals surface area contributed by atoms with Crippen LogP contribution in [0.1, 0.15) is 36.9 Å². The van der Waals surface area contributed by atoms with E-state index in [0.29, 0.717) is 35.7 Å². The molecule has 0 aromatic heterocycles. The van der Waals surface area contributed by atoms with Gasteiger partial charge in [0.25, 0.3) is 0 Å². The number of likely N-dealkylation sites (tertiary alicyclic amines) is 1. The quantitative estimate of drug-likeness (QED) is 0.606. The third-order valence-electron chi connectivity index (χ3n) is 5.32. The minimum absolute atomic E-state index is 0.337. The maximum Gasteiger partial charge on any atom is 0.179 e. The standard InChI is InChI=1S/C23H31ClN2O3/c1-4-29-22-14-17(13-20(24)23(22)28-3)15-25-16-21(26-11-5-6-12-26)18-7-9-19(27-2)10-8-18/h7-10,13-14,21,25H,4-6,11-12,15-16H2,1-3H3. The van der Waals surface area contributed by atoms with Gasteiger partial charge in [0.2, 0.25) is 0 Å². The second-order valence-corrected chi connectivity index (χ2v) is 7.61. The lowest BCUT2D eigenvalue weighted by molar-refractivity contribution is 0.238. The zero-order chi connectivity index (χ0) is 20.6. The predicted molar refractivity (Wildman–Crippen MR) is 117 cm³/mol. The van der Waals surface area contributed by atoms with E-state index in [2.05, 4.69) is 22.3 Å². The summed E-state index contributed by atoms with van der Waals surface area (Å²) in [5.74, 6) is 2.16. The average molecular weight is 419 g/mol. The van der Waals surface area contributed by atoms with E-state index in [1.807, 2.05) is 31.2 Å². The van der Waals surface area contributed by atoms with Crippen molar-refractivity contribution < 1.29 is 14.2 Å². The van der Waals surface area contributed by atoms with Gasteiger partial charge < -0.3 is 19.5 Å². The highest BCUT2D eigenvalue weighted by Crippen LogP contribution is 2.36. The Bertz CT molecular complexity index is 776. The van der Waals surface area contributed by atoms with E-state index in [9.17, 15) is 0 Å². The van der Waals surface area contributed by atoms with Gasteiger partial charge in [-0.3, -0.25) is 4.90 Å². The summed E-state index contributed by atoms with van der Waals surface area (Å²) in [4.78, 5) is 2.56. The first-order chi connectivity index (χ1) is 14.2. The van der Waals surface area contributed by atoms with Crippen molar-refractivity contribution in [3.8, 4) is 17.2 Å². The number of halogens is 1. The zero-order valence-electron chi connectivity index (χ0n) is 17.5. The second-order valence-electron chi connectivity index (χ2n) is 7.20. The first kappa shape index (κ1) is 21.8. The van der Waals surface area contributed by atoms with Crippen molar-refractivity contribution in [2.75, 3.05) is 40.5 Å². The summed E-state index contributed by atoms with van der Waals surface area (Å²) in [7, 11) is 3.31. The summed E-state index contributed by atoms with van der Waals surface area (Å²) < 4.78 is 16.4. The van der Waals surface area contributed by atoms with Gasteiger partial charge in [-0.1, -0.05) is 23.7 Å². The van der Waals surface area contributed by atoms with Crippen LogP contribution in [0.2, 0.25) is 5.02 Å². The maximum atomic E-state index is 6.39. The summed E-state index contributed by atoms with van der Waals surface area (Å²) in [5, 5.41) is 4.18. The Balaban J connectivity index is 1.69. The van der Waals surface area contributed by atoms with Crippen LogP contribution in [0.4, 0.5) is 0 Å². The lowest BCUT2D eigenvalue weighted by Crippen LogP contribution is -2.34. The van der Waals surface area contributed by atoms with Gasteiger partial charge in [0.05, 0.1) is 25.8 Å². The number of hydrogen-bond donors (Lipinski definition) is 1. The predicted octanol–water partition coefficient (Wildman–Crippen LogP) is 4.68. The van der Waals surface area contributed by atoms with E-state index >= 15 is 0 Å². The molecule has 1 aliphatic heterocycles. The fourth-order valence-electron chi connectivity index (χ4n) is 3.87. The molecular weight excluding hydrogens is 388 g/mol. The van der Waals surface area contributed by atoms with Crippen molar-refractivity contribution >= 4 is 11.6 Å². The third-order valence-corrected chi connectivity index (χ3v) is 5.60. The topological polar surface area (TPSA) is 43.0 Å². The first-order valence-corrected chi connectivity index (χ1v) is 10.6. The van der Waals surface area contributed by atoms with Crippen molar-refractivity contribution in [1.82, 2.24) is 10.2 Å². The molecule has 3 rings (SSSR count). The van der Waals surface area contributed by atoms with Crippen LogP contribution in [0.5, 0.6) is 17.2 Å². The molecule has 1 fully saturated rings. The Labute approximate surface area is 178 Å². The summed E-state index contributed by atoms with van der Waals surface area (Å²) in [6, 6.07) is 12.7. The fraction of sp³-hybridized carbons (Fsp3) is 0.478. The van der Waals surface area contributed by atoms with Gasteiger partial charge in [-0.25, -0.2) is 0 Å². The number of nitrogens with zero attached hydrogens (tertiary/aromatic N) is 1. The molecule has 1 saturated heterocycles. The molecule has 6 heteroatoms. The molecule has 1 N–H and O–H groups in total. The van der Waals surface area contributed by atoms with E-state index in [1.54, 1.807) is 14.2 Å². The van der Waals surface area contributed by atoms with Gasteiger partial charge in [0.1, 0.15) is 5.75 Å². The number of ether oxygens (including phenoxy) is 3. The minimum Gasteiger partial charge on any atom is -0.497 e. The van der Waals surface area contributed by atoms with Crippen LogP contribution in [-0.4, -0.2) is 45.4 Å². The molecule has 0 bridgehead atoms. The largest absolute Gasteiger partial charge is 0.497 e. The highest BCUT2D eigenvalue weighted by molar-refractivity contribution is 6.32. The normalized spacial score (nSPS) is 15.3. The van der Waals surface area contributed by atoms with Crippen LogP contribution in [0.15, 0.2) is 36.4 Å². The molecule has 0 amide bonds. The highest BCUT2D eigenvalue weighted by Gasteiger charge is 2.23. The molecule has 29 heavy (non-hydrogen) atoms. The van der Waals surface area contributed by atoms with Crippen molar-refractivity contribution in [2.24, 2.45) is 0 Å². The van der Waals surface area contributed by atoms with Gasteiger partial charge >= 0.3 is 0 Å². The zero-order valence-corrected chi connectivity index (χ0v) is 18.3. The Morgan fingerprint density at radius 3 is 2.41 bits per heavy atom. The van der Waals surface area contributed by atoms with Crippen LogP contribution >= 0.6 is 11.6 Å². The van der Waals surface area contributed by atoms with E-state index < -0.39 is 0 Å². The van der Waals surface area contributed by atoms with Crippen LogP contribution < -0.4 is 19.5 Å². The Morgan fingerprint density at radius 1 is 1.07 bits per heavy atom. The Hall–Kier alpha value is -1.95. The van der Waals surface area contributed by atoms with Gasteiger partial charge in [-0.15, -0.1) is 0 Å². The molecule has 2 aromatic carbocycles. The smallest absolute Gasteiger partial charge is 0.179 e. The van der Waals surface area contributed by atoms with E-state index in [4.69, 9.17) is 25.8 Å². The molecule has 1 unspecified atom stereocenters. The van der Waals surface area contributed by atoms with E-state index in [-0.39, 0.29) is 0 Å². The molecule has 0 spiro atoms. The monoisotopic (exact) mass is 418 g/mol. The minimum atomic E-state index is 0.337. The molecular formula is C23H31ClN2O3. The first-order valence-electron chi connectivity index (χ1n) is 10.2. The maximum absolute atomic E-state index is 6.39. The molecule has 1 atom stereocenters. The average Bonchev–Trinajstić information content (AvgIpc) is 3.26. The fourth-order valence-corrected chi connectivity index (χ4v) is 4.19. The van der Waals surface area contributed by atoms with Crippen molar-refractivity contribution in [2.45, 2.75) is 32.4 Å². The van der Waals surface area contributed by atoms with E-state index in [0.717, 1.165) is 30.9 Å². The number of methoxy groups -OCH3 is 2. The highest BCUT2D eigenvalue weighted by atomic mass is 35.5. The molecule has 0 radical (unpaired) electrons. The lowest BCUT2D eigenvalue weighted by Gasteiger charge is -2.28. The van der Waals surface area contributed by atoms with E-state index in [1.165, 1.54) is 18.4 Å². The molecule has 0 saturated carbocycles. The van der Waals surface area contributed by atoms with Crippen LogP contribution in [0.3, 0.4) is 0 Å². The Morgan fingerprint density at radius 2 is 1.79 bits per heavy atom. The summed E-state index contributed by atoms with van der Waals surface area (Å²) in [6.07, 6.45) is 2.52. The SMILES string of the molecule is CCOc1cc(CNCC(c2ccc(OC)cc2)N2CCCC2)cc(Cl)c1OC. The lowest BCUT2D eigenvalue weighted by atomic mass is 10.0. The molecule has 158 valence electrons. The third kappa shape index (κ3) is 5.56. The van der Waals surface area contributed by atoms with Gasteiger partial charge in [-0.05, 0) is 68.2 Å². The second kappa shape index (κ2) is 10.7. The van der Waals surface area contributed by atoms with Crippen LogP contribution in [0.25, 0.3) is 0 Å². The summed E-state index contributed by atoms with van der Waals surface area (Å²) in [5.41, 5.74) is 2.39. The number of nitrogens with one attached hydrogen (secondary N) is 1. The van der Waals surface area contributed by atoms with Gasteiger partial charge in [0.15, 0.2) is 11.5 Å². The van der Waals surface area contributed by atoms with Gasteiger partial charge in [-0.2, -0.15) is 0 Å². The molecule has 0 aliphatic carbocycles. The molecule has 1 aliphatic rings. The molecule has 5 nitrogen and oxygen atoms in total. The summed E-state index contributed by atoms with van der Waals surface area (Å²) >= 11 is 6.39.